The van der Waals surface area contributed by atoms with E-state index < -0.39 is 5.97 Å². The molecule has 0 fully saturated rings. The molecule has 18 heavy (non-hydrogen) atoms. The number of carbonyl (C=O) groups excluding carboxylic acids is 1. The van der Waals surface area contributed by atoms with Crippen LogP contribution in [0.15, 0.2) is 36.9 Å². The van der Waals surface area contributed by atoms with Gasteiger partial charge in [0, 0.05) is 0 Å². The van der Waals surface area contributed by atoms with E-state index in [0.717, 1.165) is 0 Å². The molecule has 0 saturated heterocycles. The number of carboxylic acid groups (broad SMARTS) is 1. The fourth-order valence-electron chi connectivity index (χ4n) is 1.29. The number of nitrogens with zero attached hydrogens (tertiary/aromatic N) is 3. The molecular formula is C11H10N3NaO3. The van der Waals surface area contributed by atoms with Crippen LogP contribution in [0.1, 0.15) is 10.4 Å². The van der Waals surface area contributed by atoms with E-state index in [1.165, 1.54) is 18.5 Å². The number of aromatic nitrogens is 3. The number of ether oxygens (including phenoxy) is 1. The molecule has 0 radical (unpaired) electrons. The summed E-state index contributed by atoms with van der Waals surface area (Å²) in [5, 5.41) is 14.4. The van der Waals surface area contributed by atoms with Crippen LogP contribution in [0.2, 0.25) is 0 Å². The maximum absolute atomic E-state index is 10.5. The molecule has 6 nitrogen and oxygen atoms in total. The van der Waals surface area contributed by atoms with Crippen molar-refractivity contribution in [1.29, 1.82) is 0 Å². The number of benzene rings is 1. The molecule has 0 amide bonds. The summed E-state index contributed by atoms with van der Waals surface area (Å²) in [6.07, 6.45) is 3.05. The molecule has 0 aliphatic carbocycles. The number of carboxylic acids is 1. The third-order valence-electron chi connectivity index (χ3n) is 2.15. The first-order valence-electron chi connectivity index (χ1n) is 5.02. The van der Waals surface area contributed by atoms with Gasteiger partial charge in [-0.1, -0.05) is 0 Å². The maximum atomic E-state index is 10.5. The van der Waals surface area contributed by atoms with E-state index in [1.807, 2.05) is 0 Å². The van der Waals surface area contributed by atoms with Gasteiger partial charge < -0.3 is 14.6 Å². The van der Waals surface area contributed by atoms with E-state index >= 15 is 0 Å². The first kappa shape index (κ1) is 14.7. The number of hydrogen-bond donors (Lipinski definition) is 0. The third kappa shape index (κ3) is 4.14. The number of rotatable bonds is 5. The van der Waals surface area contributed by atoms with Gasteiger partial charge in [-0.05, 0) is 29.8 Å². The Morgan fingerprint density at radius 1 is 1.33 bits per heavy atom. The monoisotopic (exact) mass is 255 g/mol. The van der Waals surface area contributed by atoms with Gasteiger partial charge in [0.05, 0.1) is 12.5 Å². The molecule has 2 rings (SSSR count). The molecule has 0 aliphatic rings. The van der Waals surface area contributed by atoms with Gasteiger partial charge in [0.1, 0.15) is 25.0 Å². The molecule has 1 heterocycles. The Labute approximate surface area is 126 Å². The molecule has 0 bridgehead atoms. The topological polar surface area (TPSA) is 80.1 Å². The Kier molecular flexibility index (Phi) is 5.84. The van der Waals surface area contributed by atoms with Crippen LogP contribution in [-0.4, -0.2) is 27.3 Å². The summed E-state index contributed by atoms with van der Waals surface area (Å²) >= 11 is 0. The zero-order valence-corrected chi connectivity index (χ0v) is 11.9. The normalized spacial score (nSPS) is 9.56. The van der Waals surface area contributed by atoms with E-state index in [-0.39, 0.29) is 35.1 Å². The van der Waals surface area contributed by atoms with Crippen molar-refractivity contribution in [3.8, 4) is 5.75 Å². The maximum Gasteiger partial charge on any atom is 1.00 e. The zero-order valence-electron chi connectivity index (χ0n) is 9.94. The van der Waals surface area contributed by atoms with Crippen molar-refractivity contribution in [3.63, 3.8) is 0 Å². The molecule has 0 atom stereocenters. The summed E-state index contributed by atoms with van der Waals surface area (Å²) in [6, 6.07) is 6.07. The van der Waals surface area contributed by atoms with E-state index in [1.54, 1.807) is 23.1 Å². The van der Waals surface area contributed by atoms with Crippen molar-refractivity contribution in [2.75, 3.05) is 6.61 Å². The van der Waals surface area contributed by atoms with Gasteiger partial charge in [-0.3, -0.25) is 0 Å². The fraction of sp³-hybridized carbons (Fsp3) is 0.182. The standard InChI is InChI=1S/C11H11N3O3.Na/c15-11(16)9-1-3-10(4-2-9)17-6-5-14-8-12-7-13-14;/h1-4,7-8H,5-6H2,(H,15,16);/q;+1/p-1. The Morgan fingerprint density at radius 3 is 2.61 bits per heavy atom. The Bertz CT molecular complexity index is 485. The molecule has 88 valence electrons. The second-order valence-corrected chi connectivity index (χ2v) is 3.32. The molecule has 0 N–H and O–H groups in total. The predicted octanol–water partition coefficient (Wildman–Crippen LogP) is -3.28. The van der Waals surface area contributed by atoms with Crippen LogP contribution >= 0.6 is 0 Å². The Balaban J connectivity index is 0.00000162. The van der Waals surface area contributed by atoms with Gasteiger partial charge in [-0.2, -0.15) is 5.10 Å². The molecule has 1 aromatic carbocycles. The second kappa shape index (κ2) is 7.15. The summed E-state index contributed by atoms with van der Waals surface area (Å²) in [4.78, 5) is 14.3. The predicted molar refractivity (Wildman–Crippen MR) is 56.3 cm³/mol. The molecule has 2 aromatic rings. The zero-order chi connectivity index (χ0) is 12.1. The molecule has 1 aromatic heterocycles. The van der Waals surface area contributed by atoms with Gasteiger partial charge in [-0.15, -0.1) is 0 Å². The van der Waals surface area contributed by atoms with Crippen LogP contribution < -0.4 is 39.4 Å². The second-order valence-electron chi connectivity index (χ2n) is 3.32. The summed E-state index contributed by atoms with van der Waals surface area (Å²) in [7, 11) is 0. The minimum Gasteiger partial charge on any atom is -0.545 e. The van der Waals surface area contributed by atoms with Crippen molar-refractivity contribution >= 4 is 5.97 Å². The van der Waals surface area contributed by atoms with Gasteiger partial charge in [-0.25, -0.2) is 9.67 Å². The van der Waals surface area contributed by atoms with Gasteiger partial charge in [0.2, 0.25) is 0 Å². The molecular weight excluding hydrogens is 245 g/mol. The minimum atomic E-state index is -1.20. The van der Waals surface area contributed by atoms with Crippen LogP contribution in [0.5, 0.6) is 5.75 Å². The molecule has 0 unspecified atom stereocenters. The molecule has 0 saturated carbocycles. The largest absolute Gasteiger partial charge is 1.00 e. The van der Waals surface area contributed by atoms with Crippen LogP contribution in [0, 0.1) is 0 Å². The Morgan fingerprint density at radius 2 is 2.06 bits per heavy atom. The number of aromatic carboxylic acids is 1. The van der Waals surface area contributed by atoms with Crippen molar-refractivity contribution in [2.45, 2.75) is 6.54 Å². The van der Waals surface area contributed by atoms with Crippen molar-refractivity contribution < 1.29 is 44.2 Å². The average molecular weight is 255 g/mol. The van der Waals surface area contributed by atoms with Crippen LogP contribution in [-0.2, 0) is 6.54 Å². The van der Waals surface area contributed by atoms with Crippen molar-refractivity contribution in [1.82, 2.24) is 14.8 Å². The van der Waals surface area contributed by atoms with Crippen LogP contribution in [0.3, 0.4) is 0 Å². The van der Waals surface area contributed by atoms with Gasteiger partial charge in [0.25, 0.3) is 0 Å². The first-order valence-corrected chi connectivity index (χ1v) is 5.02. The number of hydrogen-bond acceptors (Lipinski definition) is 5. The minimum absolute atomic E-state index is 0. The van der Waals surface area contributed by atoms with E-state index in [0.29, 0.717) is 18.9 Å². The third-order valence-corrected chi connectivity index (χ3v) is 2.15. The van der Waals surface area contributed by atoms with E-state index in [2.05, 4.69) is 10.1 Å². The number of carbonyl (C=O) groups is 1. The van der Waals surface area contributed by atoms with Gasteiger partial charge in [0.15, 0.2) is 0 Å². The molecule has 7 heteroatoms. The molecule has 0 spiro atoms. The smallest absolute Gasteiger partial charge is 0.545 e. The van der Waals surface area contributed by atoms with Crippen LogP contribution in [0.25, 0.3) is 0 Å². The summed E-state index contributed by atoms with van der Waals surface area (Å²) < 4.78 is 7.06. The van der Waals surface area contributed by atoms with Crippen molar-refractivity contribution in [2.24, 2.45) is 0 Å². The fourth-order valence-corrected chi connectivity index (χ4v) is 1.29. The van der Waals surface area contributed by atoms with Crippen molar-refractivity contribution in [3.05, 3.63) is 42.5 Å². The van der Waals surface area contributed by atoms with Gasteiger partial charge >= 0.3 is 29.6 Å². The molecule has 0 aliphatic heterocycles. The van der Waals surface area contributed by atoms with E-state index in [4.69, 9.17) is 4.74 Å². The summed E-state index contributed by atoms with van der Waals surface area (Å²) in [6.45, 7) is 1.02. The average Bonchev–Trinajstić information content (AvgIpc) is 2.83. The summed E-state index contributed by atoms with van der Waals surface area (Å²) in [5.41, 5.74) is 0.133. The Hall–Kier alpha value is -1.37. The van der Waals surface area contributed by atoms with Crippen LogP contribution in [0.4, 0.5) is 0 Å². The quantitative estimate of drug-likeness (QED) is 0.524. The SMILES string of the molecule is O=C([O-])c1ccc(OCCn2cncn2)cc1.[Na+]. The summed E-state index contributed by atoms with van der Waals surface area (Å²) in [5.74, 6) is -0.589. The van der Waals surface area contributed by atoms with E-state index in [9.17, 15) is 9.90 Å². The first-order chi connectivity index (χ1) is 8.25.